The number of fused-ring (bicyclic) bond motifs is 1. The molecule has 2 fully saturated rings. The summed E-state index contributed by atoms with van der Waals surface area (Å²) >= 11 is 1.67. The van der Waals surface area contributed by atoms with Gasteiger partial charge in [-0.1, -0.05) is 0 Å². The first-order chi connectivity index (χ1) is 9.68. The van der Waals surface area contributed by atoms with Crippen LogP contribution >= 0.6 is 11.3 Å². The van der Waals surface area contributed by atoms with Crippen molar-refractivity contribution in [1.82, 2.24) is 9.80 Å². The summed E-state index contributed by atoms with van der Waals surface area (Å²) in [6.45, 7) is 3.25. The molecule has 5 heteroatoms. The molecule has 3 heterocycles. The second-order valence-corrected chi connectivity index (χ2v) is 6.41. The van der Waals surface area contributed by atoms with E-state index in [2.05, 4.69) is 11.4 Å². The third-order valence-corrected chi connectivity index (χ3v) is 5.13. The van der Waals surface area contributed by atoms with Gasteiger partial charge >= 0.3 is 0 Å². The van der Waals surface area contributed by atoms with Gasteiger partial charge in [0.1, 0.15) is 12.1 Å². The second-order valence-electron chi connectivity index (χ2n) is 5.63. The molecule has 0 bridgehead atoms. The predicted octanol–water partition coefficient (Wildman–Crippen LogP) is 1.90. The molecule has 3 rings (SSSR count). The summed E-state index contributed by atoms with van der Waals surface area (Å²) in [5, 5.41) is 4.15. The normalized spacial score (nSPS) is 26.9. The molecular formula is C15H20N2O2S. The van der Waals surface area contributed by atoms with Gasteiger partial charge in [0.05, 0.1) is 0 Å². The number of piperazine rings is 1. The Kier molecular flexibility index (Phi) is 3.78. The summed E-state index contributed by atoms with van der Waals surface area (Å²) < 4.78 is 0. The van der Waals surface area contributed by atoms with E-state index in [9.17, 15) is 9.59 Å². The minimum Gasteiger partial charge on any atom is -0.329 e. The van der Waals surface area contributed by atoms with E-state index in [-0.39, 0.29) is 23.9 Å². The van der Waals surface area contributed by atoms with Crippen LogP contribution in [-0.4, -0.2) is 46.8 Å². The summed E-state index contributed by atoms with van der Waals surface area (Å²) in [6, 6.07) is 1.57. The molecular weight excluding hydrogens is 272 g/mol. The molecule has 2 amide bonds. The van der Waals surface area contributed by atoms with Crippen LogP contribution in [0.4, 0.5) is 0 Å². The molecule has 108 valence electrons. The Morgan fingerprint density at radius 1 is 1.30 bits per heavy atom. The van der Waals surface area contributed by atoms with Crippen LogP contribution in [-0.2, 0) is 16.0 Å². The van der Waals surface area contributed by atoms with Crippen LogP contribution in [0.15, 0.2) is 16.8 Å². The molecule has 4 nitrogen and oxygen atoms in total. The van der Waals surface area contributed by atoms with Crippen molar-refractivity contribution in [2.24, 2.45) is 0 Å². The number of carbonyl (C=O) groups is 2. The number of rotatable bonds is 3. The van der Waals surface area contributed by atoms with Crippen LogP contribution in [0.3, 0.4) is 0 Å². The Bertz CT molecular complexity index is 500. The number of thiophene rings is 1. The van der Waals surface area contributed by atoms with E-state index >= 15 is 0 Å². The Balaban J connectivity index is 1.72. The fourth-order valence-electron chi connectivity index (χ4n) is 3.20. The van der Waals surface area contributed by atoms with Crippen molar-refractivity contribution in [3.63, 3.8) is 0 Å². The molecule has 2 unspecified atom stereocenters. The monoisotopic (exact) mass is 292 g/mol. The van der Waals surface area contributed by atoms with Gasteiger partial charge in [0.2, 0.25) is 11.8 Å². The summed E-state index contributed by atoms with van der Waals surface area (Å²) in [5.41, 5.74) is 1.24. The van der Waals surface area contributed by atoms with E-state index in [4.69, 9.17) is 0 Å². The summed E-state index contributed by atoms with van der Waals surface area (Å²) in [6.07, 6.45) is 3.73. The van der Waals surface area contributed by atoms with E-state index in [0.29, 0.717) is 6.54 Å². The van der Waals surface area contributed by atoms with Crippen molar-refractivity contribution in [3.8, 4) is 0 Å². The average molecular weight is 292 g/mol. The zero-order valence-corrected chi connectivity index (χ0v) is 12.6. The largest absolute Gasteiger partial charge is 0.329 e. The van der Waals surface area contributed by atoms with Gasteiger partial charge in [-0.25, -0.2) is 0 Å². The fraction of sp³-hybridized carbons (Fsp3) is 0.600. The fourth-order valence-corrected chi connectivity index (χ4v) is 3.90. The minimum atomic E-state index is -0.310. The zero-order chi connectivity index (χ0) is 14.1. The van der Waals surface area contributed by atoms with Crippen LogP contribution < -0.4 is 0 Å². The van der Waals surface area contributed by atoms with Crippen LogP contribution in [0, 0.1) is 0 Å². The third kappa shape index (κ3) is 2.35. The molecule has 0 saturated carbocycles. The van der Waals surface area contributed by atoms with Crippen LogP contribution in [0.25, 0.3) is 0 Å². The highest BCUT2D eigenvalue weighted by Crippen LogP contribution is 2.26. The van der Waals surface area contributed by atoms with Gasteiger partial charge in [0.15, 0.2) is 0 Å². The van der Waals surface area contributed by atoms with Crippen molar-refractivity contribution in [2.45, 2.75) is 44.7 Å². The van der Waals surface area contributed by atoms with Crippen LogP contribution in [0.1, 0.15) is 31.7 Å². The van der Waals surface area contributed by atoms with Crippen LogP contribution in [0.2, 0.25) is 0 Å². The predicted molar refractivity (Wildman–Crippen MR) is 78.6 cm³/mol. The van der Waals surface area contributed by atoms with E-state index in [1.54, 1.807) is 21.1 Å². The third-order valence-electron chi connectivity index (χ3n) is 4.40. The van der Waals surface area contributed by atoms with Crippen molar-refractivity contribution in [3.05, 3.63) is 22.4 Å². The minimum absolute atomic E-state index is 0.125. The quantitative estimate of drug-likeness (QED) is 0.854. The Morgan fingerprint density at radius 2 is 2.15 bits per heavy atom. The number of hydrogen-bond acceptors (Lipinski definition) is 3. The highest BCUT2D eigenvalue weighted by atomic mass is 32.1. The number of amides is 2. The molecule has 2 aliphatic heterocycles. The first-order valence-corrected chi connectivity index (χ1v) is 8.25. The SMILES string of the molecule is CC1C(=O)N2CCCCC2C(=O)N1CCc1ccsc1. The van der Waals surface area contributed by atoms with Gasteiger partial charge < -0.3 is 9.80 Å². The van der Waals surface area contributed by atoms with Crippen molar-refractivity contribution < 1.29 is 9.59 Å². The molecule has 0 aromatic carbocycles. The summed E-state index contributed by atoms with van der Waals surface area (Å²) in [4.78, 5) is 28.6. The number of nitrogens with zero attached hydrogens (tertiary/aromatic N) is 2. The number of piperidine rings is 1. The topological polar surface area (TPSA) is 40.6 Å². The lowest BCUT2D eigenvalue weighted by Crippen LogP contribution is -2.65. The van der Waals surface area contributed by atoms with Crippen molar-refractivity contribution in [1.29, 1.82) is 0 Å². The smallest absolute Gasteiger partial charge is 0.246 e. The average Bonchev–Trinajstić information content (AvgIpc) is 2.98. The Hall–Kier alpha value is -1.36. The molecule has 0 aliphatic carbocycles. The molecule has 1 aromatic heterocycles. The first kappa shape index (κ1) is 13.6. The maximum absolute atomic E-state index is 12.6. The first-order valence-electron chi connectivity index (χ1n) is 7.30. The Labute approximate surface area is 123 Å². The standard InChI is InChI=1S/C15H20N2O2S/c1-11-14(18)17-7-3-2-4-13(17)15(19)16(11)8-5-12-6-9-20-10-12/h6,9-11,13H,2-5,7-8H2,1H3. The molecule has 20 heavy (non-hydrogen) atoms. The van der Waals surface area contributed by atoms with E-state index in [1.165, 1.54) is 5.56 Å². The van der Waals surface area contributed by atoms with Gasteiger partial charge in [-0.2, -0.15) is 11.3 Å². The Morgan fingerprint density at radius 3 is 2.90 bits per heavy atom. The molecule has 0 radical (unpaired) electrons. The maximum atomic E-state index is 12.6. The molecule has 0 spiro atoms. The van der Waals surface area contributed by atoms with E-state index in [0.717, 1.165) is 32.2 Å². The highest BCUT2D eigenvalue weighted by molar-refractivity contribution is 7.07. The number of hydrogen-bond donors (Lipinski definition) is 0. The summed E-state index contributed by atoms with van der Waals surface area (Å²) in [5.74, 6) is 0.270. The lowest BCUT2D eigenvalue weighted by Gasteiger charge is -2.46. The molecule has 2 atom stereocenters. The highest BCUT2D eigenvalue weighted by Gasteiger charge is 2.44. The van der Waals surface area contributed by atoms with Gasteiger partial charge in [-0.15, -0.1) is 0 Å². The van der Waals surface area contributed by atoms with Gasteiger partial charge in [-0.3, -0.25) is 9.59 Å². The second kappa shape index (κ2) is 5.56. The van der Waals surface area contributed by atoms with Gasteiger partial charge in [0, 0.05) is 13.1 Å². The van der Waals surface area contributed by atoms with Crippen molar-refractivity contribution >= 4 is 23.2 Å². The molecule has 1 aromatic rings. The molecule has 0 N–H and O–H groups in total. The van der Waals surface area contributed by atoms with E-state index in [1.807, 2.05) is 12.3 Å². The van der Waals surface area contributed by atoms with Crippen molar-refractivity contribution in [2.75, 3.05) is 13.1 Å². The van der Waals surface area contributed by atoms with Gasteiger partial charge in [0.25, 0.3) is 0 Å². The summed E-state index contributed by atoms with van der Waals surface area (Å²) in [7, 11) is 0. The molecule has 2 aliphatic rings. The maximum Gasteiger partial charge on any atom is 0.246 e. The van der Waals surface area contributed by atoms with Crippen LogP contribution in [0.5, 0.6) is 0 Å². The van der Waals surface area contributed by atoms with Gasteiger partial charge in [-0.05, 0) is 55.0 Å². The van der Waals surface area contributed by atoms with E-state index < -0.39 is 0 Å². The lowest BCUT2D eigenvalue weighted by atomic mass is 9.95. The molecule has 2 saturated heterocycles. The lowest BCUT2D eigenvalue weighted by molar-refractivity contribution is -0.162. The zero-order valence-electron chi connectivity index (χ0n) is 11.7. The number of carbonyl (C=O) groups excluding carboxylic acids is 2.